The first-order chi connectivity index (χ1) is 11.7. The van der Waals surface area contributed by atoms with Gasteiger partial charge >= 0.3 is 0 Å². The van der Waals surface area contributed by atoms with Gasteiger partial charge in [0.25, 0.3) is 5.91 Å². The highest BCUT2D eigenvalue weighted by Crippen LogP contribution is 2.28. The monoisotopic (exact) mass is 320 g/mol. The first-order valence-corrected chi connectivity index (χ1v) is 8.20. The van der Waals surface area contributed by atoms with E-state index in [-0.39, 0.29) is 5.91 Å². The van der Waals surface area contributed by atoms with Crippen LogP contribution in [0.5, 0.6) is 5.75 Å². The van der Waals surface area contributed by atoms with Gasteiger partial charge in [-0.2, -0.15) is 0 Å². The zero-order chi connectivity index (χ0) is 16.7. The molecule has 0 unspecified atom stereocenters. The van der Waals surface area contributed by atoms with Crippen molar-refractivity contribution in [1.82, 2.24) is 9.88 Å². The molecule has 0 spiro atoms. The molecule has 1 aliphatic heterocycles. The number of benzene rings is 2. The molecule has 0 saturated carbocycles. The first-order valence-electron chi connectivity index (χ1n) is 8.20. The van der Waals surface area contributed by atoms with E-state index in [4.69, 9.17) is 4.74 Å². The minimum Gasteiger partial charge on any atom is -0.497 e. The summed E-state index contributed by atoms with van der Waals surface area (Å²) < 4.78 is 5.27. The Bertz CT molecular complexity index is 927. The van der Waals surface area contributed by atoms with E-state index in [9.17, 15) is 4.79 Å². The van der Waals surface area contributed by atoms with Crippen LogP contribution >= 0.6 is 0 Å². The second kappa shape index (κ2) is 5.71. The van der Waals surface area contributed by atoms with E-state index in [1.54, 1.807) is 7.11 Å². The summed E-state index contributed by atoms with van der Waals surface area (Å²) in [5.41, 5.74) is 5.21. The van der Waals surface area contributed by atoms with Gasteiger partial charge in [0.1, 0.15) is 5.75 Å². The molecule has 2 aromatic carbocycles. The molecule has 4 heteroatoms. The number of hydrogen-bond donors (Lipinski definition) is 1. The molecule has 3 aromatic rings. The number of methoxy groups -OCH3 is 1. The Morgan fingerprint density at radius 3 is 2.75 bits per heavy atom. The highest BCUT2D eigenvalue weighted by molar-refractivity contribution is 6.08. The van der Waals surface area contributed by atoms with Gasteiger partial charge in [0.15, 0.2) is 0 Å². The van der Waals surface area contributed by atoms with Crippen LogP contribution in [0, 0.1) is 6.92 Å². The molecule has 1 amide bonds. The number of carbonyl (C=O) groups excluding carboxylic acids is 1. The Hall–Kier alpha value is -2.75. The molecule has 0 aliphatic carbocycles. The largest absolute Gasteiger partial charge is 0.497 e. The third-order valence-corrected chi connectivity index (χ3v) is 4.82. The van der Waals surface area contributed by atoms with E-state index in [0.29, 0.717) is 6.54 Å². The number of rotatable bonds is 2. The fourth-order valence-electron chi connectivity index (χ4n) is 3.54. The summed E-state index contributed by atoms with van der Waals surface area (Å²) in [6, 6.07) is 14.2. The number of carbonyl (C=O) groups is 1. The number of ether oxygens (including phenoxy) is 1. The van der Waals surface area contributed by atoms with Crippen LogP contribution in [0.1, 0.15) is 27.2 Å². The molecule has 4 nitrogen and oxygen atoms in total. The van der Waals surface area contributed by atoms with Gasteiger partial charge in [0, 0.05) is 30.2 Å². The molecular formula is C20H20N2O2. The number of aromatic nitrogens is 1. The normalized spacial score (nSPS) is 13.8. The summed E-state index contributed by atoms with van der Waals surface area (Å²) in [5.74, 6) is 0.882. The van der Waals surface area contributed by atoms with E-state index >= 15 is 0 Å². The molecule has 4 rings (SSSR count). The van der Waals surface area contributed by atoms with Crippen molar-refractivity contribution in [3.8, 4) is 5.75 Å². The molecule has 1 N–H and O–H groups in total. The van der Waals surface area contributed by atoms with Gasteiger partial charge in [0.05, 0.1) is 18.2 Å². The van der Waals surface area contributed by atoms with Gasteiger partial charge in [-0.05, 0) is 36.6 Å². The highest BCUT2D eigenvalue weighted by atomic mass is 16.5. The lowest BCUT2D eigenvalue weighted by molar-refractivity contribution is 0.0736. The summed E-state index contributed by atoms with van der Waals surface area (Å²) >= 11 is 0. The summed E-state index contributed by atoms with van der Waals surface area (Å²) in [4.78, 5) is 18.4. The number of fused-ring (bicyclic) bond motifs is 2. The molecule has 0 atom stereocenters. The molecular weight excluding hydrogens is 300 g/mol. The molecule has 24 heavy (non-hydrogen) atoms. The van der Waals surface area contributed by atoms with Crippen LogP contribution in [0.25, 0.3) is 10.9 Å². The third-order valence-electron chi connectivity index (χ3n) is 4.82. The van der Waals surface area contributed by atoms with E-state index in [2.05, 4.69) is 23.2 Å². The molecule has 0 saturated heterocycles. The van der Waals surface area contributed by atoms with Crippen molar-refractivity contribution < 1.29 is 9.53 Å². The number of amides is 1. The molecule has 1 aliphatic rings. The van der Waals surface area contributed by atoms with Gasteiger partial charge in [-0.3, -0.25) is 4.79 Å². The Labute approximate surface area is 141 Å². The Morgan fingerprint density at radius 2 is 1.96 bits per heavy atom. The van der Waals surface area contributed by atoms with Crippen molar-refractivity contribution in [2.45, 2.75) is 19.9 Å². The van der Waals surface area contributed by atoms with Gasteiger partial charge in [0.2, 0.25) is 0 Å². The molecule has 122 valence electrons. The zero-order valence-electron chi connectivity index (χ0n) is 13.9. The fourth-order valence-corrected chi connectivity index (χ4v) is 3.54. The summed E-state index contributed by atoms with van der Waals surface area (Å²) in [7, 11) is 1.65. The first kappa shape index (κ1) is 14.8. The SMILES string of the molecule is COc1ccc2c(C(=O)N3CCc4ccccc4C3)c(C)[nH]c2c1. The number of aryl methyl sites for hydroxylation is 1. The number of H-pyrrole nitrogens is 1. The van der Waals surface area contributed by atoms with Crippen molar-refractivity contribution >= 4 is 16.8 Å². The zero-order valence-corrected chi connectivity index (χ0v) is 13.9. The van der Waals surface area contributed by atoms with Crippen LogP contribution in [-0.2, 0) is 13.0 Å². The maximum absolute atomic E-state index is 13.1. The molecule has 2 heterocycles. The van der Waals surface area contributed by atoms with Crippen molar-refractivity contribution in [3.05, 3.63) is 64.8 Å². The minimum atomic E-state index is 0.0958. The molecule has 0 fully saturated rings. The lowest BCUT2D eigenvalue weighted by atomic mass is 9.99. The summed E-state index contributed by atoms with van der Waals surface area (Å²) in [5, 5.41) is 0.956. The third kappa shape index (κ3) is 2.35. The second-order valence-electron chi connectivity index (χ2n) is 6.28. The predicted molar refractivity (Wildman–Crippen MR) is 94.5 cm³/mol. The van der Waals surface area contributed by atoms with Gasteiger partial charge in [-0.15, -0.1) is 0 Å². The number of hydrogen-bond acceptors (Lipinski definition) is 2. The Morgan fingerprint density at radius 1 is 1.17 bits per heavy atom. The van der Waals surface area contributed by atoms with Crippen molar-refractivity contribution in [2.75, 3.05) is 13.7 Å². The maximum atomic E-state index is 13.1. The van der Waals surface area contributed by atoms with E-state index in [1.807, 2.05) is 36.1 Å². The topological polar surface area (TPSA) is 45.3 Å². The van der Waals surface area contributed by atoms with Gasteiger partial charge in [-0.1, -0.05) is 24.3 Å². The second-order valence-corrected chi connectivity index (χ2v) is 6.28. The number of nitrogens with zero attached hydrogens (tertiary/aromatic N) is 1. The van der Waals surface area contributed by atoms with E-state index < -0.39 is 0 Å². The highest BCUT2D eigenvalue weighted by Gasteiger charge is 2.25. The van der Waals surface area contributed by atoms with Crippen LogP contribution in [0.4, 0.5) is 0 Å². The standard InChI is InChI=1S/C20H20N2O2/c1-13-19(17-8-7-16(24-2)11-18(17)21-13)20(23)22-10-9-14-5-3-4-6-15(14)12-22/h3-8,11,21H,9-10,12H2,1-2H3. The average Bonchev–Trinajstić information content (AvgIpc) is 2.95. The minimum absolute atomic E-state index is 0.0958. The lowest BCUT2D eigenvalue weighted by Crippen LogP contribution is -2.36. The van der Waals surface area contributed by atoms with Crippen LogP contribution in [0.2, 0.25) is 0 Å². The molecule has 0 radical (unpaired) electrons. The smallest absolute Gasteiger partial charge is 0.256 e. The van der Waals surface area contributed by atoms with Crippen molar-refractivity contribution in [2.24, 2.45) is 0 Å². The average molecular weight is 320 g/mol. The van der Waals surface area contributed by atoms with Crippen molar-refractivity contribution in [3.63, 3.8) is 0 Å². The van der Waals surface area contributed by atoms with E-state index in [1.165, 1.54) is 11.1 Å². The number of nitrogens with one attached hydrogen (secondary N) is 1. The maximum Gasteiger partial charge on any atom is 0.256 e. The van der Waals surface area contributed by atoms with Crippen LogP contribution in [-0.4, -0.2) is 29.4 Å². The molecule has 1 aromatic heterocycles. The Kier molecular flexibility index (Phi) is 3.53. The predicted octanol–water partition coefficient (Wildman–Crippen LogP) is 3.68. The van der Waals surface area contributed by atoms with Gasteiger partial charge in [-0.25, -0.2) is 0 Å². The Balaban J connectivity index is 1.70. The van der Waals surface area contributed by atoms with Crippen molar-refractivity contribution in [1.29, 1.82) is 0 Å². The lowest BCUT2D eigenvalue weighted by Gasteiger charge is -2.29. The fraction of sp³-hybridized carbons (Fsp3) is 0.250. The van der Waals surface area contributed by atoms with Gasteiger partial charge < -0.3 is 14.6 Å². The summed E-state index contributed by atoms with van der Waals surface area (Å²) in [6.07, 6.45) is 0.914. The quantitative estimate of drug-likeness (QED) is 0.783. The van der Waals surface area contributed by atoms with E-state index in [0.717, 1.165) is 40.9 Å². The van der Waals surface area contributed by atoms with Crippen LogP contribution < -0.4 is 4.74 Å². The van der Waals surface area contributed by atoms with Crippen LogP contribution in [0.3, 0.4) is 0 Å². The summed E-state index contributed by atoms with van der Waals surface area (Å²) in [6.45, 7) is 3.40. The molecule has 0 bridgehead atoms. The number of aromatic amines is 1. The van der Waals surface area contributed by atoms with Crippen LogP contribution in [0.15, 0.2) is 42.5 Å².